The summed E-state index contributed by atoms with van der Waals surface area (Å²) in [5.74, 6) is -0.240. The van der Waals surface area contributed by atoms with Crippen LogP contribution >= 0.6 is 22.7 Å². The van der Waals surface area contributed by atoms with Crippen LogP contribution < -0.4 is 10.0 Å². The molecule has 0 fully saturated rings. The van der Waals surface area contributed by atoms with Crippen LogP contribution in [-0.4, -0.2) is 19.3 Å². The molecule has 6 nitrogen and oxygen atoms in total. The number of carbonyl (C=O) groups excluding carboxylic acids is 1. The van der Waals surface area contributed by atoms with Crippen LogP contribution in [0.3, 0.4) is 0 Å². The Morgan fingerprint density at radius 3 is 2.34 bits per heavy atom. The predicted molar refractivity (Wildman–Crippen MR) is 117 cm³/mol. The van der Waals surface area contributed by atoms with Crippen molar-refractivity contribution in [2.24, 2.45) is 0 Å². The van der Waals surface area contributed by atoms with E-state index < -0.39 is 10.0 Å². The molecule has 0 aliphatic heterocycles. The van der Waals surface area contributed by atoms with E-state index in [2.05, 4.69) is 15.0 Å². The number of thiophene rings is 1. The lowest BCUT2D eigenvalue weighted by Gasteiger charge is -2.08. The van der Waals surface area contributed by atoms with E-state index in [9.17, 15) is 13.2 Å². The van der Waals surface area contributed by atoms with Gasteiger partial charge in [-0.05, 0) is 41.3 Å². The van der Waals surface area contributed by atoms with Crippen LogP contribution in [0.1, 0.15) is 9.67 Å². The summed E-state index contributed by atoms with van der Waals surface area (Å²) < 4.78 is 27.2. The van der Waals surface area contributed by atoms with Gasteiger partial charge < -0.3 is 5.32 Å². The fourth-order valence-corrected chi connectivity index (χ4v) is 5.28. The Balaban J connectivity index is 1.50. The number of carbonyl (C=O) groups is 1. The van der Waals surface area contributed by atoms with Crippen molar-refractivity contribution in [1.82, 2.24) is 4.98 Å². The molecule has 9 heteroatoms. The van der Waals surface area contributed by atoms with Gasteiger partial charge in [0.2, 0.25) is 0 Å². The SMILES string of the molecule is O=C(Nc1ccc(S(=O)(=O)Nc2nccs2)cc1)c1sccc1-c1ccccc1. The Bertz CT molecular complexity index is 1220. The second-order valence-electron chi connectivity index (χ2n) is 5.95. The van der Waals surface area contributed by atoms with Crippen molar-refractivity contribution in [1.29, 1.82) is 0 Å². The van der Waals surface area contributed by atoms with Gasteiger partial charge in [-0.25, -0.2) is 13.4 Å². The summed E-state index contributed by atoms with van der Waals surface area (Å²) in [6.45, 7) is 0. The molecule has 2 aromatic heterocycles. The monoisotopic (exact) mass is 441 g/mol. The third-order valence-corrected chi connectivity index (χ3v) is 7.12. The van der Waals surface area contributed by atoms with Crippen LogP contribution in [0.4, 0.5) is 10.8 Å². The lowest BCUT2D eigenvalue weighted by atomic mass is 10.1. The smallest absolute Gasteiger partial charge is 0.266 e. The van der Waals surface area contributed by atoms with Crippen LogP contribution in [0, 0.1) is 0 Å². The molecule has 1 amide bonds. The van der Waals surface area contributed by atoms with E-state index >= 15 is 0 Å². The molecule has 0 saturated carbocycles. The van der Waals surface area contributed by atoms with Gasteiger partial charge >= 0.3 is 0 Å². The molecule has 2 heterocycles. The van der Waals surface area contributed by atoms with Gasteiger partial charge in [-0.1, -0.05) is 30.3 Å². The first-order valence-corrected chi connectivity index (χ1v) is 11.7. The molecular formula is C20H15N3O3S3. The largest absolute Gasteiger partial charge is 0.321 e. The van der Waals surface area contributed by atoms with Crippen LogP contribution in [0.15, 0.2) is 82.5 Å². The maximum Gasteiger partial charge on any atom is 0.266 e. The minimum atomic E-state index is -3.73. The van der Waals surface area contributed by atoms with Gasteiger partial charge in [0, 0.05) is 22.8 Å². The average molecular weight is 442 g/mol. The third-order valence-electron chi connectivity index (χ3n) is 4.03. The number of benzene rings is 2. The van der Waals surface area contributed by atoms with Crippen molar-refractivity contribution in [3.8, 4) is 11.1 Å². The number of amides is 1. The molecule has 0 saturated heterocycles. The van der Waals surface area contributed by atoms with Gasteiger partial charge in [-0.3, -0.25) is 9.52 Å². The number of thiazole rings is 1. The van der Waals surface area contributed by atoms with Gasteiger partial charge in [-0.15, -0.1) is 22.7 Å². The minimum Gasteiger partial charge on any atom is -0.321 e. The van der Waals surface area contributed by atoms with Crippen molar-refractivity contribution in [2.45, 2.75) is 4.90 Å². The zero-order chi connectivity index (χ0) is 20.3. The van der Waals surface area contributed by atoms with Gasteiger partial charge in [0.1, 0.15) is 0 Å². The number of hydrogen-bond donors (Lipinski definition) is 2. The number of anilines is 2. The highest BCUT2D eigenvalue weighted by Crippen LogP contribution is 2.29. The van der Waals surface area contributed by atoms with E-state index in [1.807, 2.05) is 41.8 Å². The van der Waals surface area contributed by atoms with Crippen molar-refractivity contribution in [3.05, 3.63) is 82.5 Å². The molecule has 4 aromatic rings. The maximum atomic E-state index is 12.7. The predicted octanol–water partition coefficient (Wildman–Crippen LogP) is 4.92. The highest BCUT2D eigenvalue weighted by molar-refractivity contribution is 7.93. The molecule has 4 rings (SSSR count). The van der Waals surface area contributed by atoms with E-state index in [4.69, 9.17) is 0 Å². The second kappa shape index (κ2) is 8.16. The van der Waals surface area contributed by atoms with E-state index in [0.29, 0.717) is 15.7 Å². The first kappa shape index (κ1) is 19.3. The minimum absolute atomic E-state index is 0.0896. The average Bonchev–Trinajstić information content (AvgIpc) is 3.41. The number of aromatic nitrogens is 1. The molecule has 0 unspecified atom stereocenters. The fraction of sp³-hybridized carbons (Fsp3) is 0. The Morgan fingerprint density at radius 1 is 0.897 bits per heavy atom. The third kappa shape index (κ3) is 4.37. The normalized spacial score (nSPS) is 11.2. The summed E-state index contributed by atoms with van der Waals surface area (Å²) in [6, 6.07) is 17.6. The van der Waals surface area contributed by atoms with Crippen LogP contribution in [0.25, 0.3) is 11.1 Å². The number of sulfonamides is 1. The maximum absolute atomic E-state index is 12.7. The zero-order valence-corrected chi connectivity index (χ0v) is 17.4. The van der Waals surface area contributed by atoms with E-state index in [1.54, 1.807) is 17.5 Å². The number of nitrogens with zero attached hydrogens (tertiary/aromatic N) is 1. The molecule has 2 aromatic carbocycles. The summed E-state index contributed by atoms with van der Waals surface area (Å²) in [5, 5.41) is 6.68. The Kier molecular flexibility index (Phi) is 5.43. The first-order chi connectivity index (χ1) is 14.0. The number of hydrogen-bond acceptors (Lipinski definition) is 6. The molecule has 0 atom stereocenters. The fourth-order valence-electron chi connectivity index (χ4n) is 2.68. The summed E-state index contributed by atoms with van der Waals surface area (Å²) in [4.78, 5) is 17.3. The van der Waals surface area contributed by atoms with Crippen molar-refractivity contribution in [2.75, 3.05) is 10.0 Å². The number of rotatable bonds is 6. The van der Waals surface area contributed by atoms with Gasteiger partial charge in [0.15, 0.2) is 5.13 Å². The Hall–Kier alpha value is -3.01. The highest BCUT2D eigenvalue weighted by Gasteiger charge is 2.17. The van der Waals surface area contributed by atoms with Crippen LogP contribution in [-0.2, 0) is 10.0 Å². The summed E-state index contributed by atoms with van der Waals surface area (Å²) in [6.07, 6.45) is 1.52. The number of nitrogens with one attached hydrogen (secondary N) is 2. The molecular weight excluding hydrogens is 426 g/mol. The van der Waals surface area contributed by atoms with Crippen LogP contribution in [0.5, 0.6) is 0 Å². The molecule has 2 N–H and O–H groups in total. The van der Waals surface area contributed by atoms with E-state index in [0.717, 1.165) is 11.1 Å². The van der Waals surface area contributed by atoms with Crippen molar-refractivity contribution in [3.63, 3.8) is 0 Å². The Labute approximate surface area is 175 Å². The standard InChI is InChI=1S/C20H15N3O3S3/c24-19(18-17(10-12-27-18)14-4-2-1-3-5-14)22-15-6-8-16(9-7-15)29(25,26)23-20-21-11-13-28-20/h1-13H,(H,21,23)(H,22,24). The summed E-state index contributed by atoms with van der Waals surface area (Å²) in [7, 11) is -3.73. The molecule has 0 spiro atoms. The van der Waals surface area contributed by atoms with Gasteiger partial charge in [0.25, 0.3) is 15.9 Å². The highest BCUT2D eigenvalue weighted by atomic mass is 32.2. The van der Waals surface area contributed by atoms with Gasteiger partial charge in [-0.2, -0.15) is 0 Å². The lowest BCUT2D eigenvalue weighted by molar-refractivity contribution is 0.103. The van der Waals surface area contributed by atoms with Crippen molar-refractivity contribution >= 4 is 49.4 Å². The van der Waals surface area contributed by atoms with Crippen molar-refractivity contribution < 1.29 is 13.2 Å². The lowest BCUT2D eigenvalue weighted by Crippen LogP contribution is -2.14. The van der Waals surface area contributed by atoms with E-state index in [1.165, 1.54) is 41.0 Å². The molecule has 0 radical (unpaired) electrons. The van der Waals surface area contributed by atoms with Crippen LogP contribution in [0.2, 0.25) is 0 Å². The molecule has 29 heavy (non-hydrogen) atoms. The molecule has 0 bridgehead atoms. The summed E-state index contributed by atoms with van der Waals surface area (Å²) in [5.41, 5.74) is 2.34. The zero-order valence-electron chi connectivity index (χ0n) is 14.9. The van der Waals surface area contributed by atoms with Gasteiger partial charge in [0.05, 0.1) is 9.77 Å². The first-order valence-electron chi connectivity index (χ1n) is 8.49. The second-order valence-corrected chi connectivity index (χ2v) is 9.44. The molecule has 146 valence electrons. The molecule has 0 aliphatic rings. The topological polar surface area (TPSA) is 88.2 Å². The Morgan fingerprint density at radius 2 is 1.66 bits per heavy atom. The van der Waals surface area contributed by atoms with E-state index in [-0.39, 0.29) is 10.8 Å². The molecule has 0 aliphatic carbocycles. The summed E-state index contributed by atoms with van der Waals surface area (Å²) >= 11 is 2.55. The quantitative estimate of drug-likeness (QED) is 0.444.